The second-order valence-electron chi connectivity index (χ2n) is 6.54. The Balaban J connectivity index is 1.94. The normalized spacial score (nSPS) is 11.6. The van der Waals surface area contributed by atoms with Gasteiger partial charge in [-0.2, -0.15) is 10.2 Å². The summed E-state index contributed by atoms with van der Waals surface area (Å²) in [6, 6.07) is 14.2. The van der Waals surface area contributed by atoms with E-state index in [2.05, 4.69) is 15.6 Å². The molecule has 0 atom stereocenters. The third-order valence-corrected chi connectivity index (χ3v) is 4.46. The van der Waals surface area contributed by atoms with Gasteiger partial charge in [-0.3, -0.25) is 9.59 Å². The maximum absolute atomic E-state index is 12.8. The molecule has 0 spiro atoms. The van der Waals surface area contributed by atoms with E-state index in [-0.39, 0.29) is 11.3 Å². The fourth-order valence-electron chi connectivity index (χ4n) is 2.84. The highest BCUT2D eigenvalue weighted by atomic mass is 16.2. The number of hydrogen-bond acceptors (Lipinski definition) is 5. The highest BCUT2D eigenvalue weighted by molar-refractivity contribution is 6.06. The molecular weight excluding hydrogens is 354 g/mol. The van der Waals surface area contributed by atoms with Gasteiger partial charge in [0.25, 0.3) is 11.5 Å². The van der Waals surface area contributed by atoms with Gasteiger partial charge in [-0.25, -0.2) is 10.1 Å². The third-order valence-electron chi connectivity index (χ3n) is 4.46. The Morgan fingerprint density at radius 1 is 1.14 bits per heavy atom. The van der Waals surface area contributed by atoms with Crippen molar-refractivity contribution in [3.63, 3.8) is 0 Å². The minimum absolute atomic E-state index is 0.181. The van der Waals surface area contributed by atoms with Gasteiger partial charge in [-0.1, -0.05) is 43.7 Å². The third kappa shape index (κ3) is 4.09. The van der Waals surface area contributed by atoms with Crippen molar-refractivity contribution in [1.29, 1.82) is 0 Å². The average Bonchev–Trinajstić information content (AvgIpc) is 2.72. The fourth-order valence-corrected chi connectivity index (χ4v) is 2.84. The highest BCUT2D eigenvalue weighted by Gasteiger charge is 2.16. The Bertz CT molecular complexity index is 1080. The van der Waals surface area contributed by atoms with E-state index < -0.39 is 5.91 Å². The Morgan fingerprint density at radius 2 is 1.82 bits per heavy atom. The van der Waals surface area contributed by atoms with Crippen molar-refractivity contribution in [1.82, 2.24) is 15.2 Å². The Morgan fingerprint density at radius 3 is 2.50 bits per heavy atom. The molecule has 7 nitrogen and oxygen atoms in total. The van der Waals surface area contributed by atoms with Gasteiger partial charge in [0.05, 0.1) is 11.1 Å². The molecule has 0 aliphatic rings. The number of hydrazone groups is 1. The summed E-state index contributed by atoms with van der Waals surface area (Å²) in [5.74, 6) is -0.462. The van der Waals surface area contributed by atoms with Crippen molar-refractivity contribution in [3.05, 3.63) is 70.1 Å². The van der Waals surface area contributed by atoms with Gasteiger partial charge in [0.2, 0.25) is 0 Å². The first-order valence-corrected chi connectivity index (χ1v) is 9.21. The number of rotatable bonds is 6. The zero-order valence-electron chi connectivity index (χ0n) is 16.0. The van der Waals surface area contributed by atoms with Crippen LogP contribution in [0.4, 0.5) is 5.69 Å². The first-order chi connectivity index (χ1) is 13.5. The van der Waals surface area contributed by atoms with Crippen LogP contribution in [0.3, 0.4) is 0 Å². The van der Waals surface area contributed by atoms with Crippen molar-refractivity contribution < 1.29 is 4.79 Å². The van der Waals surface area contributed by atoms with Crippen LogP contribution in [0.1, 0.15) is 42.7 Å². The van der Waals surface area contributed by atoms with Gasteiger partial charge in [0, 0.05) is 17.6 Å². The lowest BCUT2D eigenvalue weighted by atomic mass is 10.1. The topological polar surface area (TPSA) is 102 Å². The number of nitrogens with one attached hydrogen (secondary N) is 1. The first-order valence-electron chi connectivity index (χ1n) is 9.21. The predicted molar refractivity (Wildman–Crippen MR) is 111 cm³/mol. The van der Waals surface area contributed by atoms with Crippen LogP contribution in [-0.4, -0.2) is 21.4 Å². The molecule has 3 aromatic rings. The molecule has 28 heavy (non-hydrogen) atoms. The van der Waals surface area contributed by atoms with Crippen molar-refractivity contribution in [2.24, 2.45) is 5.10 Å². The lowest BCUT2D eigenvalue weighted by molar-refractivity contribution is 0.0949. The molecule has 0 saturated carbocycles. The zero-order chi connectivity index (χ0) is 20.1. The van der Waals surface area contributed by atoms with Crippen molar-refractivity contribution in [3.8, 4) is 0 Å². The Hall–Kier alpha value is -3.48. The molecule has 1 heterocycles. The van der Waals surface area contributed by atoms with Gasteiger partial charge in [-0.05, 0) is 37.1 Å². The summed E-state index contributed by atoms with van der Waals surface area (Å²) in [5.41, 5.74) is 10.4. The molecule has 0 fully saturated rings. The first kappa shape index (κ1) is 19.3. The fraction of sp³-hybridized carbons (Fsp3) is 0.238. The number of amides is 1. The summed E-state index contributed by atoms with van der Waals surface area (Å²) >= 11 is 0. The number of nitrogens with two attached hydrogens (primary N) is 1. The molecule has 3 rings (SSSR count). The maximum atomic E-state index is 12.8. The lowest BCUT2D eigenvalue weighted by Crippen LogP contribution is -2.29. The monoisotopic (exact) mass is 377 g/mol. The molecule has 0 bridgehead atoms. The van der Waals surface area contributed by atoms with Gasteiger partial charge in [-0.15, -0.1) is 0 Å². The van der Waals surface area contributed by atoms with Gasteiger partial charge in [0.15, 0.2) is 5.69 Å². The Kier molecular flexibility index (Phi) is 5.84. The maximum Gasteiger partial charge on any atom is 0.292 e. The van der Waals surface area contributed by atoms with E-state index in [9.17, 15) is 9.59 Å². The minimum atomic E-state index is -0.462. The number of fused-ring (bicyclic) bond motifs is 1. The molecule has 0 radical (unpaired) electrons. The number of unbranched alkanes of at least 4 members (excludes halogenated alkanes) is 1. The van der Waals surface area contributed by atoms with Crippen molar-refractivity contribution >= 4 is 28.1 Å². The SMILES string of the molecule is CCCCn1nc(C(=O)N/N=C(\C)c2ccc(N)cc2)c2ccccc2c1=O. The van der Waals surface area contributed by atoms with Gasteiger partial charge in [0.1, 0.15) is 0 Å². The molecule has 0 saturated heterocycles. The average molecular weight is 377 g/mol. The van der Waals surface area contributed by atoms with E-state index in [1.165, 1.54) is 4.68 Å². The number of nitrogens with zero attached hydrogens (tertiary/aromatic N) is 3. The Labute approximate surface area is 162 Å². The smallest absolute Gasteiger partial charge is 0.292 e. The number of aromatic nitrogens is 2. The van der Waals surface area contributed by atoms with E-state index in [0.29, 0.717) is 28.7 Å². The summed E-state index contributed by atoms with van der Waals surface area (Å²) in [4.78, 5) is 25.4. The molecule has 0 aliphatic carbocycles. The zero-order valence-corrected chi connectivity index (χ0v) is 16.0. The second kappa shape index (κ2) is 8.47. The van der Waals surface area contributed by atoms with Crippen LogP contribution in [0.25, 0.3) is 10.8 Å². The number of carbonyl (C=O) groups is 1. The molecule has 0 unspecified atom stereocenters. The van der Waals surface area contributed by atoms with Crippen LogP contribution < -0.4 is 16.7 Å². The van der Waals surface area contributed by atoms with E-state index in [1.54, 1.807) is 43.3 Å². The summed E-state index contributed by atoms with van der Waals surface area (Å²) in [6.07, 6.45) is 1.73. The van der Waals surface area contributed by atoms with E-state index in [1.807, 2.05) is 19.1 Å². The number of aryl methyl sites for hydroxylation is 1. The highest BCUT2D eigenvalue weighted by Crippen LogP contribution is 2.14. The molecule has 7 heteroatoms. The standard InChI is InChI=1S/C21H23N5O2/c1-3-4-13-26-21(28)18-8-6-5-7-17(18)19(25-26)20(27)24-23-14(2)15-9-11-16(22)12-10-15/h5-12H,3-4,13,22H2,1-2H3,(H,24,27)/b23-14+. The van der Waals surface area contributed by atoms with E-state index >= 15 is 0 Å². The quantitative estimate of drug-likeness (QED) is 0.392. The van der Waals surface area contributed by atoms with Crippen LogP contribution in [-0.2, 0) is 6.54 Å². The van der Waals surface area contributed by atoms with Crippen LogP contribution in [0, 0.1) is 0 Å². The van der Waals surface area contributed by atoms with Gasteiger partial charge < -0.3 is 5.73 Å². The number of nitrogen functional groups attached to an aromatic ring is 1. The van der Waals surface area contributed by atoms with E-state index in [0.717, 1.165) is 18.4 Å². The summed E-state index contributed by atoms with van der Waals surface area (Å²) in [5, 5.41) is 9.46. The van der Waals surface area contributed by atoms with Crippen molar-refractivity contribution in [2.45, 2.75) is 33.2 Å². The molecule has 1 amide bonds. The number of hydrogen-bond donors (Lipinski definition) is 2. The second-order valence-corrected chi connectivity index (χ2v) is 6.54. The van der Waals surface area contributed by atoms with Crippen LogP contribution >= 0.6 is 0 Å². The molecule has 144 valence electrons. The molecule has 1 aromatic heterocycles. The number of anilines is 1. The largest absolute Gasteiger partial charge is 0.399 e. The summed E-state index contributed by atoms with van der Waals surface area (Å²) < 4.78 is 1.36. The minimum Gasteiger partial charge on any atom is -0.399 e. The lowest BCUT2D eigenvalue weighted by Gasteiger charge is -2.10. The molecule has 0 aliphatic heterocycles. The van der Waals surface area contributed by atoms with Gasteiger partial charge >= 0.3 is 0 Å². The van der Waals surface area contributed by atoms with Crippen LogP contribution in [0.5, 0.6) is 0 Å². The molecule has 3 N–H and O–H groups in total. The van der Waals surface area contributed by atoms with E-state index in [4.69, 9.17) is 5.73 Å². The summed E-state index contributed by atoms with van der Waals surface area (Å²) in [6.45, 7) is 4.29. The van der Waals surface area contributed by atoms with Crippen molar-refractivity contribution in [2.75, 3.05) is 5.73 Å². The molecule has 2 aromatic carbocycles. The molecular formula is C21H23N5O2. The predicted octanol–water partition coefficient (Wildman–Crippen LogP) is 2.93. The summed E-state index contributed by atoms with van der Waals surface area (Å²) in [7, 11) is 0. The number of carbonyl (C=O) groups excluding carboxylic acids is 1. The van der Waals surface area contributed by atoms with Crippen LogP contribution in [0.2, 0.25) is 0 Å². The number of benzene rings is 2. The van der Waals surface area contributed by atoms with Crippen LogP contribution in [0.15, 0.2) is 58.4 Å².